The van der Waals surface area contributed by atoms with Crippen LogP contribution >= 0.6 is 11.6 Å². The van der Waals surface area contributed by atoms with Crippen molar-refractivity contribution < 1.29 is 8.42 Å². The van der Waals surface area contributed by atoms with Gasteiger partial charge < -0.3 is 0 Å². The SMILES string of the molecule is O=S(=O)(Nc1cccc(/C=C/c2ccccn2)c1)c1cccnc1Cl. The van der Waals surface area contributed by atoms with Crippen molar-refractivity contribution in [2.24, 2.45) is 0 Å². The molecule has 0 spiro atoms. The quantitative estimate of drug-likeness (QED) is 0.685. The molecule has 0 saturated heterocycles. The molecule has 0 amide bonds. The lowest BCUT2D eigenvalue weighted by atomic mass is 10.2. The zero-order chi connectivity index (χ0) is 17.7. The van der Waals surface area contributed by atoms with E-state index in [1.165, 1.54) is 18.3 Å². The predicted molar refractivity (Wildman–Crippen MR) is 99.7 cm³/mol. The monoisotopic (exact) mass is 371 g/mol. The van der Waals surface area contributed by atoms with Crippen LogP contribution in [0.25, 0.3) is 12.2 Å². The Hall–Kier alpha value is -2.70. The van der Waals surface area contributed by atoms with E-state index >= 15 is 0 Å². The topological polar surface area (TPSA) is 72.0 Å². The van der Waals surface area contributed by atoms with Gasteiger partial charge in [-0.1, -0.05) is 35.9 Å². The summed E-state index contributed by atoms with van der Waals surface area (Å²) in [5.41, 5.74) is 2.09. The molecule has 0 fully saturated rings. The molecule has 7 heteroatoms. The Labute approximate surface area is 151 Å². The third-order valence-electron chi connectivity index (χ3n) is 3.29. The van der Waals surface area contributed by atoms with Gasteiger partial charge in [-0.3, -0.25) is 9.71 Å². The van der Waals surface area contributed by atoms with E-state index in [2.05, 4.69) is 14.7 Å². The van der Waals surface area contributed by atoms with Crippen LogP contribution in [-0.2, 0) is 10.0 Å². The Morgan fingerprint density at radius 3 is 2.52 bits per heavy atom. The van der Waals surface area contributed by atoms with Gasteiger partial charge in [0.05, 0.1) is 5.69 Å². The lowest BCUT2D eigenvalue weighted by Crippen LogP contribution is -2.13. The molecule has 0 radical (unpaired) electrons. The first-order chi connectivity index (χ1) is 12.0. The van der Waals surface area contributed by atoms with E-state index < -0.39 is 10.0 Å². The molecule has 1 aromatic carbocycles. The first-order valence-electron chi connectivity index (χ1n) is 7.37. The number of sulfonamides is 1. The normalized spacial score (nSPS) is 11.6. The number of hydrogen-bond acceptors (Lipinski definition) is 4. The first-order valence-corrected chi connectivity index (χ1v) is 9.23. The van der Waals surface area contributed by atoms with Gasteiger partial charge in [-0.2, -0.15) is 0 Å². The molecule has 0 saturated carbocycles. The van der Waals surface area contributed by atoms with Gasteiger partial charge in [0.1, 0.15) is 10.0 Å². The van der Waals surface area contributed by atoms with Gasteiger partial charge in [0.25, 0.3) is 10.0 Å². The number of nitrogens with one attached hydrogen (secondary N) is 1. The molecule has 0 aliphatic heterocycles. The van der Waals surface area contributed by atoms with E-state index in [0.29, 0.717) is 5.69 Å². The van der Waals surface area contributed by atoms with E-state index in [4.69, 9.17) is 11.6 Å². The van der Waals surface area contributed by atoms with Crippen molar-refractivity contribution in [3.8, 4) is 0 Å². The minimum absolute atomic E-state index is 0.0638. The van der Waals surface area contributed by atoms with Crippen molar-refractivity contribution in [2.75, 3.05) is 4.72 Å². The van der Waals surface area contributed by atoms with Crippen molar-refractivity contribution in [1.29, 1.82) is 0 Å². The number of nitrogens with zero attached hydrogens (tertiary/aromatic N) is 2. The molecule has 3 rings (SSSR count). The third-order valence-corrected chi connectivity index (χ3v) is 5.11. The maximum absolute atomic E-state index is 12.4. The number of aromatic nitrogens is 2. The highest BCUT2D eigenvalue weighted by Crippen LogP contribution is 2.22. The summed E-state index contributed by atoms with van der Waals surface area (Å²) in [6, 6.07) is 15.6. The van der Waals surface area contributed by atoms with Gasteiger partial charge in [0.15, 0.2) is 0 Å². The molecule has 2 heterocycles. The molecule has 5 nitrogen and oxygen atoms in total. The van der Waals surface area contributed by atoms with E-state index in [1.54, 1.807) is 24.4 Å². The van der Waals surface area contributed by atoms with Crippen LogP contribution in [0.3, 0.4) is 0 Å². The van der Waals surface area contributed by atoms with Crippen LogP contribution in [0, 0.1) is 0 Å². The van der Waals surface area contributed by atoms with Gasteiger partial charge in [0.2, 0.25) is 0 Å². The van der Waals surface area contributed by atoms with Crippen LogP contribution in [0.4, 0.5) is 5.69 Å². The van der Waals surface area contributed by atoms with Gasteiger partial charge in [-0.05, 0) is 48.0 Å². The van der Waals surface area contributed by atoms with Gasteiger partial charge in [-0.25, -0.2) is 13.4 Å². The Morgan fingerprint density at radius 1 is 0.920 bits per heavy atom. The van der Waals surface area contributed by atoms with Crippen molar-refractivity contribution in [3.63, 3.8) is 0 Å². The summed E-state index contributed by atoms with van der Waals surface area (Å²) in [7, 11) is -3.81. The fraction of sp³-hybridized carbons (Fsp3) is 0. The largest absolute Gasteiger partial charge is 0.280 e. The summed E-state index contributed by atoms with van der Waals surface area (Å²) < 4.78 is 27.4. The maximum atomic E-state index is 12.4. The molecule has 25 heavy (non-hydrogen) atoms. The molecule has 0 unspecified atom stereocenters. The number of anilines is 1. The molecular weight excluding hydrogens is 358 g/mol. The Kier molecular flexibility index (Phi) is 5.11. The van der Waals surface area contributed by atoms with E-state index in [-0.39, 0.29) is 10.0 Å². The van der Waals surface area contributed by atoms with Gasteiger partial charge in [0, 0.05) is 18.1 Å². The number of hydrogen-bond donors (Lipinski definition) is 1. The molecule has 1 N–H and O–H groups in total. The van der Waals surface area contributed by atoms with Crippen molar-refractivity contribution >= 4 is 39.5 Å². The molecule has 126 valence electrons. The lowest BCUT2D eigenvalue weighted by molar-refractivity contribution is 0.601. The number of pyridine rings is 2. The molecule has 0 bridgehead atoms. The van der Waals surface area contributed by atoms with E-state index in [1.807, 2.05) is 36.4 Å². The molecule has 0 aliphatic carbocycles. The molecule has 2 aromatic heterocycles. The smallest absolute Gasteiger partial charge is 0.264 e. The fourth-order valence-electron chi connectivity index (χ4n) is 2.14. The second-order valence-corrected chi connectivity index (χ2v) is 7.12. The first kappa shape index (κ1) is 17.1. The summed E-state index contributed by atoms with van der Waals surface area (Å²) in [6.45, 7) is 0. The number of rotatable bonds is 5. The van der Waals surface area contributed by atoms with E-state index in [9.17, 15) is 8.42 Å². The molecule has 0 atom stereocenters. The predicted octanol–water partition coefficient (Wildman–Crippen LogP) is 4.10. The second kappa shape index (κ2) is 7.46. The number of benzene rings is 1. The van der Waals surface area contributed by atoms with Crippen molar-refractivity contribution in [3.05, 3.63) is 83.4 Å². The number of halogens is 1. The summed E-state index contributed by atoms with van der Waals surface area (Å²) >= 11 is 5.88. The minimum Gasteiger partial charge on any atom is -0.280 e. The lowest BCUT2D eigenvalue weighted by Gasteiger charge is -2.09. The van der Waals surface area contributed by atoms with Crippen molar-refractivity contribution in [1.82, 2.24) is 9.97 Å². The van der Waals surface area contributed by atoms with Crippen LogP contribution in [0.2, 0.25) is 5.15 Å². The minimum atomic E-state index is -3.81. The highest BCUT2D eigenvalue weighted by atomic mass is 35.5. The molecular formula is C18H14ClN3O2S. The van der Waals surface area contributed by atoms with E-state index in [0.717, 1.165) is 11.3 Å². The van der Waals surface area contributed by atoms with Gasteiger partial charge in [-0.15, -0.1) is 0 Å². The Bertz CT molecular complexity index is 1010. The van der Waals surface area contributed by atoms with Crippen LogP contribution in [0.5, 0.6) is 0 Å². The zero-order valence-electron chi connectivity index (χ0n) is 13.0. The second-order valence-electron chi connectivity index (χ2n) is 5.11. The molecule has 3 aromatic rings. The summed E-state index contributed by atoms with van der Waals surface area (Å²) in [4.78, 5) is 7.94. The fourth-order valence-corrected chi connectivity index (χ4v) is 3.65. The summed E-state index contributed by atoms with van der Waals surface area (Å²) in [5, 5.41) is -0.0683. The Morgan fingerprint density at radius 2 is 1.76 bits per heavy atom. The van der Waals surface area contributed by atoms with Crippen LogP contribution < -0.4 is 4.72 Å². The Balaban J connectivity index is 1.82. The highest BCUT2D eigenvalue weighted by molar-refractivity contribution is 7.92. The third kappa shape index (κ3) is 4.43. The zero-order valence-corrected chi connectivity index (χ0v) is 14.6. The van der Waals surface area contributed by atoms with Crippen LogP contribution in [-0.4, -0.2) is 18.4 Å². The highest BCUT2D eigenvalue weighted by Gasteiger charge is 2.18. The molecule has 0 aliphatic rings. The van der Waals surface area contributed by atoms with Crippen molar-refractivity contribution in [2.45, 2.75) is 4.90 Å². The average Bonchev–Trinajstić information content (AvgIpc) is 2.61. The summed E-state index contributed by atoms with van der Waals surface area (Å²) in [6.07, 6.45) is 6.86. The van der Waals surface area contributed by atoms with Crippen LogP contribution in [0.15, 0.2) is 71.9 Å². The average molecular weight is 372 g/mol. The van der Waals surface area contributed by atoms with Gasteiger partial charge >= 0.3 is 0 Å². The summed E-state index contributed by atoms with van der Waals surface area (Å²) in [5.74, 6) is 0. The maximum Gasteiger partial charge on any atom is 0.264 e. The standard InChI is InChI=1S/C18H14ClN3O2S/c19-18-17(8-4-12-21-18)25(23,24)22-16-7-3-5-14(13-16)9-10-15-6-1-2-11-20-15/h1-13,22H/b10-9+. The van der Waals surface area contributed by atoms with Crippen LogP contribution in [0.1, 0.15) is 11.3 Å².